The average Bonchev–Trinajstić information content (AvgIpc) is 3.43. The minimum Gasteiger partial charge on any atom is -0.444 e. The summed E-state index contributed by atoms with van der Waals surface area (Å²) in [6, 6.07) is 8.30. The van der Waals surface area contributed by atoms with Crippen molar-refractivity contribution in [3.63, 3.8) is 0 Å². The Morgan fingerprint density at radius 3 is 2.34 bits per heavy atom. The first-order valence-corrected chi connectivity index (χ1v) is 12.4. The molecule has 0 N–H and O–H groups in total. The van der Waals surface area contributed by atoms with Gasteiger partial charge in [-0.15, -0.1) is 0 Å². The third-order valence-electron chi connectivity index (χ3n) is 5.63. The highest BCUT2D eigenvalue weighted by atomic mass is 32.2. The van der Waals surface area contributed by atoms with Crippen molar-refractivity contribution in [2.75, 3.05) is 0 Å². The molecular weight excluding hydrogens is 468 g/mol. The van der Waals surface area contributed by atoms with Crippen LogP contribution < -0.4 is 0 Å². The molecule has 0 aliphatic carbocycles. The predicted octanol–water partition coefficient (Wildman–Crippen LogP) is 3.68. The molecule has 1 aliphatic heterocycles. The molecule has 0 bridgehead atoms. The maximum absolute atomic E-state index is 13.3. The largest absolute Gasteiger partial charge is 0.444 e. The summed E-state index contributed by atoms with van der Waals surface area (Å²) in [6.45, 7) is 7.88. The zero-order valence-electron chi connectivity index (χ0n) is 19.8. The third-order valence-corrected chi connectivity index (χ3v) is 7.31. The van der Waals surface area contributed by atoms with E-state index < -0.39 is 21.7 Å². The van der Waals surface area contributed by atoms with Crippen molar-refractivity contribution < 1.29 is 17.9 Å². The summed E-state index contributed by atoms with van der Waals surface area (Å²) in [5.74, 6) is 0. The van der Waals surface area contributed by atoms with E-state index in [0.29, 0.717) is 22.5 Å². The number of carbonyl (C=O) groups excluding carboxylic acids is 1. The van der Waals surface area contributed by atoms with E-state index in [1.165, 1.54) is 18.9 Å². The molecule has 10 nitrogen and oxygen atoms in total. The number of hydrogen-bond donors (Lipinski definition) is 0. The number of aryl methyl sites for hydroxylation is 1. The van der Waals surface area contributed by atoms with Crippen LogP contribution in [0, 0.1) is 6.92 Å². The molecule has 35 heavy (non-hydrogen) atoms. The van der Waals surface area contributed by atoms with Gasteiger partial charge in [0.15, 0.2) is 5.65 Å². The molecule has 4 heterocycles. The van der Waals surface area contributed by atoms with E-state index >= 15 is 0 Å². The van der Waals surface area contributed by atoms with Crippen molar-refractivity contribution in [2.24, 2.45) is 0 Å². The van der Waals surface area contributed by atoms with Crippen molar-refractivity contribution in [1.29, 1.82) is 0 Å². The maximum Gasteiger partial charge on any atom is 0.410 e. The first-order chi connectivity index (χ1) is 16.5. The summed E-state index contributed by atoms with van der Waals surface area (Å²) >= 11 is 0. The highest BCUT2D eigenvalue weighted by Crippen LogP contribution is 2.33. The van der Waals surface area contributed by atoms with Crippen LogP contribution in [0.2, 0.25) is 0 Å². The molecule has 5 rings (SSSR count). The maximum atomic E-state index is 13.3. The van der Waals surface area contributed by atoms with Crippen molar-refractivity contribution in [2.45, 2.75) is 51.3 Å². The lowest BCUT2D eigenvalue weighted by Crippen LogP contribution is -2.33. The Morgan fingerprint density at radius 1 is 0.943 bits per heavy atom. The zero-order valence-corrected chi connectivity index (χ0v) is 20.6. The summed E-state index contributed by atoms with van der Waals surface area (Å²) in [5, 5.41) is 0.528. The van der Waals surface area contributed by atoms with Gasteiger partial charge in [0, 0.05) is 17.1 Å². The second kappa shape index (κ2) is 8.12. The molecule has 1 aliphatic rings. The zero-order chi connectivity index (χ0) is 25.0. The molecule has 0 atom stereocenters. The first-order valence-electron chi connectivity index (χ1n) is 11.0. The van der Waals surface area contributed by atoms with Crippen LogP contribution in [0.1, 0.15) is 37.6 Å². The minimum atomic E-state index is -3.86. The Hall–Kier alpha value is -3.86. The van der Waals surface area contributed by atoms with Crippen LogP contribution in [0.15, 0.2) is 54.1 Å². The van der Waals surface area contributed by atoms with Gasteiger partial charge in [-0.25, -0.2) is 37.1 Å². The lowest BCUT2D eigenvalue weighted by Gasteiger charge is -2.24. The first kappa shape index (κ1) is 22.9. The molecule has 180 valence electrons. The molecule has 1 amide bonds. The summed E-state index contributed by atoms with van der Waals surface area (Å²) in [7, 11) is -3.86. The Bertz CT molecular complexity index is 1560. The predicted molar refractivity (Wildman–Crippen MR) is 128 cm³/mol. The van der Waals surface area contributed by atoms with E-state index in [-0.39, 0.29) is 23.6 Å². The van der Waals surface area contributed by atoms with Gasteiger partial charge >= 0.3 is 6.09 Å². The van der Waals surface area contributed by atoms with Crippen molar-refractivity contribution in [1.82, 2.24) is 28.8 Å². The smallest absolute Gasteiger partial charge is 0.410 e. The molecule has 0 saturated heterocycles. The number of rotatable bonds is 3. The van der Waals surface area contributed by atoms with E-state index in [0.717, 1.165) is 15.1 Å². The van der Waals surface area contributed by atoms with Crippen LogP contribution in [-0.4, -0.2) is 48.9 Å². The Morgan fingerprint density at radius 2 is 1.63 bits per heavy atom. The summed E-state index contributed by atoms with van der Waals surface area (Å²) in [5.41, 5.74) is 3.02. The lowest BCUT2D eigenvalue weighted by molar-refractivity contribution is 0.0241. The van der Waals surface area contributed by atoms with E-state index in [1.54, 1.807) is 35.2 Å². The molecule has 0 saturated carbocycles. The number of nitrogens with zero attached hydrogens (tertiary/aromatic N) is 6. The molecule has 0 spiro atoms. The summed E-state index contributed by atoms with van der Waals surface area (Å²) < 4.78 is 33.3. The number of carbonyl (C=O) groups is 1. The third kappa shape index (κ3) is 4.12. The molecular formula is C24H24N6O4S. The second-order valence-corrected chi connectivity index (χ2v) is 11.2. The van der Waals surface area contributed by atoms with Gasteiger partial charge in [0.1, 0.15) is 23.9 Å². The lowest BCUT2D eigenvalue weighted by atomic mass is 10.1. The molecule has 0 fully saturated rings. The number of hydrogen-bond acceptors (Lipinski definition) is 8. The van der Waals surface area contributed by atoms with Crippen LogP contribution >= 0.6 is 0 Å². The van der Waals surface area contributed by atoms with Gasteiger partial charge in [0.2, 0.25) is 0 Å². The standard InChI is InChI=1S/C24H24N6O4S/c1-15-5-7-16(8-6-15)35(32,33)30-10-9-17-20(27-14-28-22(17)30)21-18-11-29(12-19(18)25-13-26-21)23(31)34-24(2,3)4/h5-10,13-14H,11-12H2,1-4H3. The second-order valence-electron chi connectivity index (χ2n) is 9.37. The van der Waals surface area contributed by atoms with Crippen molar-refractivity contribution in [3.8, 4) is 11.4 Å². The quantitative estimate of drug-likeness (QED) is 0.425. The molecule has 1 aromatic carbocycles. The van der Waals surface area contributed by atoms with Crippen LogP contribution in [0.25, 0.3) is 22.4 Å². The average molecular weight is 493 g/mol. The Labute approximate surface area is 202 Å². The normalized spacial score (nSPS) is 13.8. The van der Waals surface area contributed by atoms with Gasteiger partial charge in [-0.05, 0) is 45.9 Å². The fourth-order valence-corrected chi connectivity index (χ4v) is 5.27. The van der Waals surface area contributed by atoms with Gasteiger partial charge < -0.3 is 4.74 Å². The number of ether oxygens (including phenoxy) is 1. The van der Waals surface area contributed by atoms with Crippen molar-refractivity contribution >= 4 is 27.1 Å². The van der Waals surface area contributed by atoms with Crippen LogP contribution in [0.4, 0.5) is 4.79 Å². The molecule has 3 aromatic heterocycles. The molecule has 11 heteroatoms. The highest BCUT2D eigenvalue weighted by molar-refractivity contribution is 7.90. The Kier molecular flexibility index (Phi) is 5.32. The topological polar surface area (TPSA) is 120 Å². The summed E-state index contributed by atoms with van der Waals surface area (Å²) in [6.07, 6.45) is 3.76. The molecule has 0 unspecified atom stereocenters. The number of benzene rings is 1. The summed E-state index contributed by atoms with van der Waals surface area (Å²) in [4.78, 5) is 31.8. The number of amides is 1. The molecule has 0 radical (unpaired) electrons. The van der Waals surface area contributed by atoms with E-state index in [1.807, 2.05) is 27.7 Å². The minimum absolute atomic E-state index is 0.164. The van der Waals surface area contributed by atoms with Gasteiger partial charge in [-0.2, -0.15) is 0 Å². The Balaban J connectivity index is 1.56. The van der Waals surface area contributed by atoms with Gasteiger partial charge in [0.25, 0.3) is 10.0 Å². The highest BCUT2D eigenvalue weighted by Gasteiger charge is 2.32. The fraction of sp³-hybridized carbons (Fsp3) is 0.292. The monoisotopic (exact) mass is 492 g/mol. The van der Waals surface area contributed by atoms with Crippen LogP contribution in [-0.2, 0) is 27.8 Å². The van der Waals surface area contributed by atoms with Crippen molar-refractivity contribution in [3.05, 3.63) is 66.0 Å². The van der Waals surface area contributed by atoms with Gasteiger partial charge in [0.05, 0.1) is 29.4 Å². The van der Waals surface area contributed by atoms with Crippen LogP contribution in [0.3, 0.4) is 0 Å². The number of fused-ring (bicyclic) bond motifs is 2. The van der Waals surface area contributed by atoms with Gasteiger partial charge in [-0.1, -0.05) is 17.7 Å². The number of aromatic nitrogens is 5. The molecule has 4 aromatic rings. The fourth-order valence-electron chi connectivity index (χ4n) is 3.97. The van der Waals surface area contributed by atoms with E-state index in [9.17, 15) is 13.2 Å². The SMILES string of the molecule is Cc1ccc(S(=O)(=O)n2ccc3c(-c4ncnc5c4CN(C(=O)OC(C)(C)C)C5)ncnc32)cc1. The van der Waals surface area contributed by atoms with Gasteiger partial charge in [-0.3, -0.25) is 4.90 Å². The van der Waals surface area contributed by atoms with E-state index in [2.05, 4.69) is 19.9 Å². The van der Waals surface area contributed by atoms with Crippen LogP contribution in [0.5, 0.6) is 0 Å². The van der Waals surface area contributed by atoms with E-state index in [4.69, 9.17) is 4.74 Å².